The van der Waals surface area contributed by atoms with Crippen molar-refractivity contribution in [2.75, 3.05) is 4.90 Å². The van der Waals surface area contributed by atoms with Crippen LogP contribution in [0.4, 0.5) is 5.69 Å². The lowest BCUT2D eigenvalue weighted by atomic mass is 9.48. The zero-order valence-electron chi connectivity index (χ0n) is 16.7. The van der Waals surface area contributed by atoms with Gasteiger partial charge in [0.2, 0.25) is 11.8 Å². The van der Waals surface area contributed by atoms with E-state index in [-0.39, 0.29) is 29.0 Å². The summed E-state index contributed by atoms with van der Waals surface area (Å²) in [7, 11) is 0. The molecule has 3 aromatic rings. The van der Waals surface area contributed by atoms with Crippen LogP contribution < -0.4 is 10.0 Å². The van der Waals surface area contributed by atoms with Crippen molar-refractivity contribution in [3.05, 3.63) is 101 Å². The van der Waals surface area contributed by atoms with Crippen molar-refractivity contribution in [1.29, 1.82) is 0 Å². The first kappa shape index (κ1) is 18.1. The molecule has 1 heterocycles. The normalized spacial score (nSPS) is 27.6. The molecule has 1 fully saturated rings. The second-order valence-corrected chi connectivity index (χ2v) is 8.71. The summed E-state index contributed by atoms with van der Waals surface area (Å²) in [6.07, 6.45) is 0. The number of aromatic carboxylic acids is 1. The molecule has 31 heavy (non-hydrogen) atoms. The predicted octanol–water partition coefficient (Wildman–Crippen LogP) is 2.62. The van der Waals surface area contributed by atoms with Gasteiger partial charge in [-0.25, -0.2) is 4.90 Å². The summed E-state index contributed by atoms with van der Waals surface area (Å²) in [5.41, 5.74) is 3.95. The maximum absolute atomic E-state index is 13.8. The number of anilines is 1. The summed E-state index contributed by atoms with van der Waals surface area (Å²) < 4.78 is 0. The van der Waals surface area contributed by atoms with Crippen LogP contribution in [0.1, 0.15) is 45.5 Å². The van der Waals surface area contributed by atoms with Crippen LogP contribution in [0, 0.1) is 11.8 Å². The fraction of sp³-hybridized carbons (Fsp3) is 0.192. The van der Waals surface area contributed by atoms with E-state index < -0.39 is 23.2 Å². The van der Waals surface area contributed by atoms with Gasteiger partial charge in [-0.3, -0.25) is 9.59 Å². The van der Waals surface area contributed by atoms with Gasteiger partial charge in [0, 0.05) is 11.3 Å². The number of carboxylic acid groups (broad SMARTS) is 1. The molecule has 3 aliphatic carbocycles. The SMILES string of the molecule is CC12c3ccccc3C(c3ccccc31)[C@H]1C(=O)N(c3cccc(C(=O)[O-])c3)C(=O)[C@H]12. The van der Waals surface area contributed by atoms with E-state index in [1.165, 1.54) is 23.1 Å². The van der Waals surface area contributed by atoms with E-state index in [9.17, 15) is 19.5 Å². The predicted molar refractivity (Wildman–Crippen MR) is 111 cm³/mol. The molecule has 1 aliphatic heterocycles. The van der Waals surface area contributed by atoms with Crippen LogP contribution in [0.2, 0.25) is 0 Å². The van der Waals surface area contributed by atoms with Crippen molar-refractivity contribution in [2.24, 2.45) is 11.8 Å². The number of benzene rings is 3. The first-order valence-electron chi connectivity index (χ1n) is 10.3. The van der Waals surface area contributed by atoms with Gasteiger partial charge in [0.15, 0.2) is 0 Å². The Labute approximate surface area is 178 Å². The van der Waals surface area contributed by atoms with Gasteiger partial charge >= 0.3 is 0 Å². The van der Waals surface area contributed by atoms with E-state index >= 15 is 0 Å². The van der Waals surface area contributed by atoms with Gasteiger partial charge in [0.1, 0.15) is 0 Å². The Morgan fingerprint density at radius 2 is 1.48 bits per heavy atom. The van der Waals surface area contributed by atoms with Crippen LogP contribution >= 0.6 is 0 Å². The molecule has 0 unspecified atom stereocenters. The standard InChI is InChI=1S/C26H19NO4/c1-26-18-11-4-2-9-16(18)20(17-10-3-5-12-19(17)26)21-22(26)24(29)27(23(21)28)15-8-6-7-14(13-15)25(30)31/h2-13,20-22H,1H3,(H,30,31)/p-1/t20?,21-,22+,26?/m1/s1. The molecule has 4 aliphatic rings. The molecule has 2 atom stereocenters. The molecule has 2 amide bonds. The Morgan fingerprint density at radius 1 is 0.871 bits per heavy atom. The highest BCUT2D eigenvalue weighted by Crippen LogP contribution is 2.64. The summed E-state index contributed by atoms with van der Waals surface area (Å²) in [6, 6.07) is 22.0. The van der Waals surface area contributed by atoms with Gasteiger partial charge in [-0.2, -0.15) is 0 Å². The Morgan fingerprint density at radius 3 is 2.10 bits per heavy atom. The Balaban J connectivity index is 1.58. The highest BCUT2D eigenvalue weighted by molar-refractivity contribution is 6.24. The molecule has 2 bridgehead atoms. The van der Waals surface area contributed by atoms with Gasteiger partial charge in [0.05, 0.1) is 23.5 Å². The summed E-state index contributed by atoms with van der Waals surface area (Å²) in [5.74, 6) is -3.15. The molecular weight excluding hydrogens is 390 g/mol. The number of carboxylic acids is 1. The average Bonchev–Trinajstić information content (AvgIpc) is 3.06. The molecule has 0 saturated carbocycles. The maximum Gasteiger partial charge on any atom is 0.238 e. The fourth-order valence-electron chi connectivity index (χ4n) is 6.18. The van der Waals surface area contributed by atoms with E-state index in [4.69, 9.17) is 0 Å². The van der Waals surface area contributed by atoms with Crippen LogP contribution in [0.15, 0.2) is 72.8 Å². The molecule has 0 aromatic heterocycles. The fourth-order valence-corrected chi connectivity index (χ4v) is 6.18. The number of carbonyl (C=O) groups excluding carboxylic acids is 3. The third-order valence-electron chi connectivity index (χ3n) is 7.38. The Hall–Kier alpha value is -3.73. The van der Waals surface area contributed by atoms with Crippen LogP contribution in [0.3, 0.4) is 0 Å². The van der Waals surface area contributed by atoms with Crippen LogP contribution in [0.25, 0.3) is 0 Å². The number of hydrogen-bond acceptors (Lipinski definition) is 4. The van der Waals surface area contributed by atoms with E-state index in [0.29, 0.717) is 0 Å². The molecular formula is C26H18NO4-. The average molecular weight is 408 g/mol. The van der Waals surface area contributed by atoms with Crippen molar-refractivity contribution in [2.45, 2.75) is 18.3 Å². The van der Waals surface area contributed by atoms with E-state index in [1.54, 1.807) is 6.07 Å². The smallest absolute Gasteiger partial charge is 0.238 e. The number of hydrogen-bond donors (Lipinski definition) is 0. The quantitative estimate of drug-likeness (QED) is 0.611. The lowest BCUT2D eigenvalue weighted by Gasteiger charge is -2.52. The van der Waals surface area contributed by atoms with Crippen molar-refractivity contribution >= 4 is 23.5 Å². The molecule has 5 nitrogen and oxygen atoms in total. The zero-order valence-corrected chi connectivity index (χ0v) is 16.7. The van der Waals surface area contributed by atoms with E-state index in [0.717, 1.165) is 22.3 Å². The topological polar surface area (TPSA) is 77.5 Å². The largest absolute Gasteiger partial charge is 0.545 e. The number of carbonyl (C=O) groups is 3. The summed E-state index contributed by atoms with van der Waals surface area (Å²) in [5, 5.41) is 11.3. The lowest BCUT2D eigenvalue weighted by molar-refractivity contribution is -0.255. The minimum absolute atomic E-state index is 0.0614. The Kier molecular flexibility index (Phi) is 3.45. The van der Waals surface area contributed by atoms with Crippen molar-refractivity contribution in [1.82, 2.24) is 0 Å². The highest BCUT2D eigenvalue weighted by Gasteiger charge is 2.66. The minimum Gasteiger partial charge on any atom is -0.545 e. The van der Waals surface area contributed by atoms with Crippen molar-refractivity contribution in [3.8, 4) is 0 Å². The summed E-state index contributed by atoms with van der Waals surface area (Å²) in [4.78, 5) is 40.0. The monoisotopic (exact) mass is 408 g/mol. The second kappa shape index (κ2) is 5.91. The number of amides is 2. The lowest BCUT2D eigenvalue weighted by Crippen LogP contribution is -2.51. The second-order valence-electron chi connectivity index (χ2n) is 8.71. The van der Waals surface area contributed by atoms with Crippen molar-refractivity contribution in [3.63, 3.8) is 0 Å². The van der Waals surface area contributed by atoms with Crippen LogP contribution in [-0.4, -0.2) is 17.8 Å². The van der Waals surface area contributed by atoms with Gasteiger partial charge in [0.25, 0.3) is 0 Å². The summed E-state index contributed by atoms with van der Waals surface area (Å²) >= 11 is 0. The first-order valence-corrected chi connectivity index (χ1v) is 10.3. The number of nitrogens with zero attached hydrogens (tertiary/aromatic N) is 1. The van der Waals surface area contributed by atoms with E-state index in [1.807, 2.05) is 24.3 Å². The van der Waals surface area contributed by atoms with Gasteiger partial charge < -0.3 is 9.90 Å². The highest BCUT2D eigenvalue weighted by atomic mass is 16.4. The first-order chi connectivity index (χ1) is 14.9. The molecule has 1 saturated heterocycles. The van der Waals surface area contributed by atoms with Gasteiger partial charge in [-0.05, 0) is 39.9 Å². The maximum atomic E-state index is 13.8. The summed E-state index contributed by atoms with van der Waals surface area (Å²) in [6.45, 7) is 2.06. The Bertz CT molecular complexity index is 1260. The van der Waals surface area contributed by atoms with Crippen LogP contribution in [-0.2, 0) is 15.0 Å². The molecule has 152 valence electrons. The van der Waals surface area contributed by atoms with Gasteiger partial charge in [-0.1, -0.05) is 67.6 Å². The third-order valence-corrected chi connectivity index (χ3v) is 7.38. The zero-order chi connectivity index (χ0) is 21.5. The van der Waals surface area contributed by atoms with Crippen molar-refractivity contribution < 1.29 is 19.5 Å². The molecule has 0 radical (unpaired) electrons. The molecule has 7 rings (SSSR count). The third kappa shape index (κ3) is 2.08. The number of rotatable bonds is 2. The molecule has 3 aromatic carbocycles. The van der Waals surface area contributed by atoms with Crippen LogP contribution in [0.5, 0.6) is 0 Å². The molecule has 0 N–H and O–H groups in total. The van der Waals surface area contributed by atoms with Gasteiger partial charge in [-0.15, -0.1) is 0 Å². The number of imide groups is 1. The minimum atomic E-state index is -1.34. The van der Waals surface area contributed by atoms with E-state index in [2.05, 4.69) is 31.2 Å². The molecule has 0 spiro atoms. The molecule has 5 heteroatoms.